The fraction of sp³-hybridized carbons (Fsp3) is 0.533. The van der Waals surface area contributed by atoms with Crippen LogP contribution in [0.5, 0.6) is 0 Å². The largest absolute Gasteiger partial charge is 0.477 e. The first-order chi connectivity index (χ1) is 28.0. The SMILES string of the molecule is Cc1c(Nc2nc3ccccc3s2)nnc2c1CCCN2c1ccc(-c2cnn(CC34CC5(C)CC(C)(CC(CCC[N+](C)(C)CC(=O)O)(C5)C3)C4)c2C)c(C(=O)O)n1. The van der Waals surface area contributed by atoms with Crippen molar-refractivity contribution in [2.45, 2.75) is 98.4 Å². The van der Waals surface area contributed by atoms with Crippen LogP contribution in [0.4, 0.5) is 22.6 Å². The van der Waals surface area contributed by atoms with E-state index in [0.717, 1.165) is 82.9 Å². The van der Waals surface area contributed by atoms with Crippen LogP contribution < -0.4 is 10.2 Å². The monoisotopic (exact) mass is 818 g/mol. The first-order valence-corrected chi connectivity index (χ1v) is 21.8. The van der Waals surface area contributed by atoms with Crippen LogP contribution in [0, 0.1) is 35.5 Å². The van der Waals surface area contributed by atoms with Crippen molar-refractivity contribution in [3.63, 3.8) is 0 Å². The van der Waals surface area contributed by atoms with Crippen molar-refractivity contribution in [1.82, 2.24) is 29.9 Å². The summed E-state index contributed by atoms with van der Waals surface area (Å²) >= 11 is 1.57. The molecule has 0 saturated heterocycles. The Kier molecular flexibility index (Phi) is 9.43. The molecule has 5 aromatic rings. The maximum Gasteiger partial charge on any atom is 0.359 e. The molecule has 5 aliphatic rings. The van der Waals surface area contributed by atoms with Crippen molar-refractivity contribution in [3.05, 3.63) is 65.1 Å². The molecule has 5 heterocycles. The van der Waals surface area contributed by atoms with Crippen LogP contribution in [-0.2, 0) is 17.8 Å². The zero-order valence-electron chi connectivity index (χ0n) is 35.1. The number of aromatic nitrogens is 6. The van der Waals surface area contributed by atoms with E-state index in [1.165, 1.54) is 32.1 Å². The summed E-state index contributed by atoms with van der Waals surface area (Å²) in [6, 6.07) is 11.8. The van der Waals surface area contributed by atoms with Crippen molar-refractivity contribution in [3.8, 4) is 11.1 Å². The number of quaternary nitrogens is 1. The van der Waals surface area contributed by atoms with E-state index in [9.17, 15) is 19.8 Å². The third-order valence-corrected chi connectivity index (χ3v) is 14.9. The minimum absolute atomic E-state index is 0.00548. The van der Waals surface area contributed by atoms with Crippen molar-refractivity contribution in [2.24, 2.45) is 21.7 Å². The lowest BCUT2D eigenvalue weighted by Gasteiger charge is -2.70. The summed E-state index contributed by atoms with van der Waals surface area (Å²) in [7, 11) is 4.05. The van der Waals surface area contributed by atoms with Gasteiger partial charge in [0.2, 0.25) is 0 Å². The van der Waals surface area contributed by atoms with Gasteiger partial charge in [0.25, 0.3) is 0 Å². The highest BCUT2D eigenvalue weighted by molar-refractivity contribution is 7.22. The molecule has 59 heavy (non-hydrogen) atoms. The standard InChI is InChI=1S/C45H55N9O4S/c1-28-30-11-9-17-52(39(30)51-50-38(28)49-41-47-33-12-7-8-13-34(33)59-41)35-15-14-31(37(48-35)40(57)58)32-19-46-53(29(32)2)27-45-24-42(3)21-43(4,25-45)23-44(22-42,26-45)16-10-18-54(5,6)20-36(55)56/h7-8,12-15,19H,9-11,16-18,20-27H2,1-6H3,(H2-,47,49,50,55,56,57,58)/p+1. The number of hydrogen-bond acceptors (Lipinski definition) is 10. The molecule has 2 unspecified atom stereocenters. The number of para-hydroxylation sites is 1. The molecule has 3 N–H and O–H groups in total. The van der Waals surface area contributed by atoms with Gasteiger partial charge >= 0.3 is 11.9 Å². The molecule has 4 fully saturated rings. The molecule has 4 aliphatic carbocycles. The van der Waals surface area contributed by atoms with Gasteiger partial charge in [-0.05, 0) is 124 Å². The normalized spacial score (nSPS) is 26.0. The van der Waals surface area contributed by atoms with Gasteiger partial charge < -0.3 is 24.9 Å². The average molecular weight is 819 g/mol. The number of carboxylic acid groups (broad SMARTS) is 2. The lowest BCUT2D eigenvalue weighted by Crippen LogP contribution is -2.60. The number of carboxylic acids is 2. The molecule has 10 rings (SSSR count). The van der Waals surface area contributed by atoms with Crippen LogP contribution in [0.3, 0.4) is 0 Å². The number of benzene rings is 1. The smallest absolute Gasteiger partial charge is 0.359 e. The minimum Gasteiger partial charge on any atom is -0.477 e. The number of carbonyl (C=O) groups is 2. The van der Waals surface area contributed by atoms with E-state index in [-0.39, 0.29) is 33.9 Å². The fourth-order valence-electron chi connectivity index (χ4n) is 13.1. The summed E-state index contributed by atoms with van der Waals surface area (Å²) in [4.78, 5) is 36.0. The molecular weight excluding hydrogens is 763 g/mol. The zero-order chi connectivity index (χ0) is 41.5. The van der Waals surface area contributed by atoms with E-state index >= 15 is 0 Å². The second-order valence-electron chi connectivity index (χ2n) is 20.0. The van der Waals surface area contributed by atoms with E-state index < -0.39 is 11.9 Å². The molecular formula is C45H56N9O4S+. The Morgan fingerprint density at radius 2 is 1.66 bits per heavy atom. The number of pyridine rings is 1. The highest BCUT2D eigenvalue weighted by atomic mass is 32.1. The summed E-state index contributed by atoms with van der Waals surface area (Å²) in [6.45, 7) is 11.5. The third kappa shape index (κ3) is 7.36. The number of hydrogen-bond donors (Lipinski definition) is 3. The Morgan fingerprint density at radius 3 is 2.39 bits per heavy atom. The predicted molar refractivity (Wildman–Crippen MR) is 230 cm³/mol. The highest BCUT2D eigenvalue weighted by Crippen LogP contribution is 2.75. The molecule has 310 valence electrons. The highest BCUT2D eigenvalue weighted by Gasteiger charge is 2.65. The molecule has 13 nitrogen and oxygen atoms in total. The van der Waals surface area contributed by atoms with Gasteiger partial charge in [-0.15, -0.1) is 10.2 Å². The number of thiazole rings is 1. The van der Waals surface area contributed by atoms with Gasteiger partial charge in [-0.25, -0.2) is 19.6 Å². The molecule has 0 radical (unpaired) electrons. The van der Waals surface area contributed by atoms with Crippen LogP contribution in [0.15, 0.2) is 42.6 Å². The number of nitrogens with zero attached hydrogens (tertiary/aromatic N) is 8. The molecule has 1 aromatic carbocycles. The van der Waals surface area contributed by atoms with Crippen molar-refractivity contribution in [1.29, 1.82) is 0 Å². The van der Waals surface area contributed by atoms with Gasteiger partial charge in [-0.2, -0.15) is 5.10 Å². The van der Waals surface area contributed by atoms with Gasteiger partial charge in [-0.1, -0.05) is 37.3 Å². The topological polar surface area (TPSA) is 159 Å². The van der Waals surface area contributed by atoms with E-state index in [2.05, 4.69) is 47.0 Å². The quantitative estimate of drug-likeness (QED) is 0.0975. The van der Waals surface area contributed by atoms with Crippen LogP contribution in [-0.4, -0.2) is 90.3 Å². The Bertz CT molecular complexity index is 2440. The van der Waals surface area contributed by atoms with E-state index in [0.29, 0.717) is 34.0 Å². The van der Waals surface area contributed by atoms with Crippen LogP contribution in [0.2, 0.25) is 0 Å². The number of aromatic carboxylic acids is 1. The second kappa shape index (κ2) is 14.1. The Morgan fingerprint density at radius 1 is 0.915 bits per heavy atom. The fourth-order valence-corrected chi connectivity index (χ4v) is 13.9. The average Bonchev–Trinajstić information content (AvgIpc) is 3.71. The summed E-state index contributed by atoms with van der Waals surface area (Å²) in [6.07, 6.45) is 12.9. The van der Waals surface area contributed by atoms with E-state index in [1.807, 2.05) is 62.4 Å². The van der Waals surface area contributed by atoms with Gasteiger partial charge in [0.05, 0.1) is 37.1 Å². The number of fused-ring (bicyclic) bond motifs is 2. The lowest BCUT2D eigenvalue weighted by molar-refractivity contribution is -0.883. The summed E-state index contributed by atoms with van der Waals surface area (Å²) in [5.74, 6) is 0.0567. The van der Waals surface area contributed by atoms with Gasteiger partial charge in [0.1, 0.15) is 5.82 Å². The maximum atomic E-state index is 13.0. The minimum atomic E-state index is -1.09. The number of anilines is 4. The molecule has 1 aliphatic heterocycles. The van der Waals surface area contributed by atoms with Gasteiger partial charge in [-0.3, -0.25) is 4.68 Å². The third-order valence-electron chi connectivity index (χ3n) is 14.0. The number of rotatable bonds is 13. The summed E-state index contributed by atoms with van der Waals surface area (Å²) in [5.41, 5.74) is 6.14. The van der Waals surface area contributed by atoms with Crippen LogP contribution >= 0.6 is 11.3 Å². The van der Waals surface area contributed by atoms with E-state index in [1.54, 1.807) is 11.3 Å². The molecule has 0 amide bonds. The van der Waals surface area contributed by atoms with Crippen molar-refractivity contribution < 1.29 is 24.3 Å². The molecule has 2 atom stereocenters. The first-order valence-electron chi connectivity index (χ1n) is 21.0. The Labute approximate surface area is 349 Å². The molecule has 4 bridgehead atoms. The van der Waals surface area contributed by atoms with Crippen molar-refractivity contribution in [2.75, 3.05) is 43.9 Å². The molecule has 14 heteroatoms. The molecule has 4 saturated carbocycles. The first kappa shape index (κ1) is 39.5. The molecule has 0 spiro atoms. The zero-order valence-corrected chi connectivity index (χ0v) is 36.0. The summed E-state index contributed by atoms with van der Waals surface area (Å²) in [5, 5.41) is 38.4. The lowest BCUT2D eigenvalue weighted by atomic mass is 9.35. The Balaban J connectivity index is 0.963. The van der Waals surface area contributed by atoms with Crippen LogP contribution in [0.25, 0.3) is 21.3 Å². The number of aliphatic carboxylic acids is 1. The van der Waals surface area contributed by atoms with Gasteiger partial charge in [0, 0.05) is 41.0 Å². The van der Waals surface area contributed by atoms with Crippen molar-refractivity contribution >= 4 is 56.1 Å². The van der Waals surface area contributed by atoms with E-state index in [4.69, 9.17) is 15.1 Å². The van der Waals surface area contributed by atoms with Gasteiger partial charge in [0.15, 0.2) is 29.0 Å². The predicted octanol–water partition coefficient (Wildman–Crippen LogP) is 8.80. The second-order valence-corrected chi connectivity index (χ2v) is 21.0. The number of nitrogens with one attached hydrogen (secondary N) is 1. The summed E-state index contributed by atoms with van der Waals surface area (Å²) < 4.78 is 3.73. The Hall–Kier alpha value is -4.95. The van der Waals surface area contributed by atoms with Crippen LogP contribution in [0.1, 0.15) is 98.9 Å². The number of likely N-dealkylation sites (N-methyl/N-ethyl adjacent to an activating group) is 1. The molecule has 4 aromatic heterocycles. The maximum absolute atomic E-state index is 13.0.